The Balaban J connectivity index is 0. The van der Waals surface area contributed by atoms with Crippen molar-refractivity contribution in [1.82, 2.24) is 0 Å². The number of hydrogen-bond acceptors (Lipinski definition) is 3. The van der Waals surface area contributed by atoms with Crippen molar-refractivity contribution in [2.45, 2.75) is 26.7 Å². The van der Waals surface area contributed by atoms with E-state index in [-0.39, 0.29) is 46.1 Å². The molecule has 6 heteroatoms. The predicted molar refractivity (Wildman–Crippen MR) is 79.7 cm³/mol. The van der Waals surface area contributed by atoms with Gasteiger partial charge in [0.1, 0.15) is 0 Å². The Morgan fingerprint density at radius 2 is 1.80 bits per heavy atom. The molecule has 108 valence electrons. The minimum atomic E-state index is -0.405. The van der Waals surface area contributed by atoms with Crippen molar-refractivity contribution in [3.63, 3.8) is 0 Å². The van der Waals surface area contributed by atoms with Gasteiger partial charge in [-0.1, -0.05) is 24.4 Å². The van der Waals surface area contributed by atoms with Crippen molar-refractivity contribution >= 4 is 45.0 Å². The summed E-state index contributed by atoms with van der Waals surface area (Å²) < 4.78 is 11.5. The van der Waals surface area contributed by atoms with E-state index in [9.17, 15) is 4.79 Å². The van der Waals surface area contributed by atoms with Crippen LogP contribution in [0.4, 0.5) is 0 Å². The number of benzene rings is 1. The quantitative estimate of drug-likeness (QED) is 0.364. The van der Waals surface area contributed by atoms with E-state index in [1.54, 1.807) is 0 Å². The predicted octanol–water partition coefficient (Wildman–Crippen LogP) is 0.332. The zero-order chi connectivity index (χ0) is 13.4. The maximum atomic E-state index is 12.0. The molecule has 0 aliphatic carbocycles. The van der Waals surface area contributed by atoms with Crippen LogP contribution in [0.5, 0.6) is 0 Å². The Hall–Kier alpha value is 0.246. The molecule has 0 saturated carbocycles. The van der Waals surface area contributed by atoms with Gasteiger partial charge in [-0.2, -0.15) is 6.07 Å². The molecule has 0 N–H and O–H groups in total. The van der Waals surface area contributed by atoms with Crippen LogP contribution in [0.3, 0.4) is 0 Å². The molecule has 1 aromatic rings. The number of ether oxygens (including phenoxy) is 2. The molecular formula is C14H18Br2MgO3. The first-order chi connectivity index (χ1) is 8.70. The number of carbonyl (C=O) groups excluding carboxylic acids is 1. The Morgan fingerprint density at radius 3 is 2.35 bits per heavy atom. The third-order valence-electron chi connectivity index (χ3n) is 2.19. The van der Waals surface area contributed by atoms with E-state index in [1.165, 1.54) is 0 Å². The molecule has 1 rings (SSSR count). The first-order valence-corrected chi connectivity index (χ1v) is 6.91. The summed E-state index contributed by atoms with van der Waals surface area (Å²) >= 11 is 3.42. The molecule has 0 atom stereocenters. The molecule has 0 aliphatic heterocycles. The summed E-state index contributed by atoms with van der Waals surface area (Å²) in [6, 6.07) is 7.46. The molecule has 0 fully saturated rings. The van der Waals surface area contributed by atoms with Crippen LogP contribution in [-0.4, -0.2) is 42.2 Å². The molecule has 0 bridgehead atoms. The van der Waals surface area contributed by atoms with Crippen molar-refractivity contribution < 1.29 is 31.2 Å². The van der Waals surface area contributed by atoms with E-state index in [2.05, 4.69) is 15.9 Å². The number of carbonyl (C=O) groups is 1. The third kappa shape index (κ3) is 7.31. The average Bonchev–Trinajstić information content (AvgIpc) is 2.38. The van der Waals surface area contributed by atoms with Crippen LogP contribution in [0.25, 0.3) is 0 Å². The van der Waals surface area contributed by atoms with Gasteiger partial charge in [-0.05, 0) is 12.8 Å². The molecule has 1 aromatic carbocycles. The van der Waals surface area contributed by atoms with Crippen LogP contribution in [0.1, 0.15) is 32.3 Å². The zero-order valence-electron chi connectivity index (χ0n) is 11.8. The van der Waals surface area contributed by atoms with Gasteiger partial charge in [0.25, 0.3) is 0 Å². The van der Waals surface area contributed by atoms with Gasteiger partial charge in [0.15, 0.2) is 0 Å². The SMILES string of the molecule is CCCOC(=O)[C-](OCCC)c1ccccc1Br.[Br-].[Mg+2]. The van der Waals surface area contributed by atoms with Crippen LogP contribution in [0.15, 0.2) is 28.7 Å². The fourth-order valence-electron chi connectivity index (χ4n) is 1.36. The van der Waals surface area contributed by atoms with Crippen LogP contribution < -0.4 is 17.0 Å². The summed E-state index contributed by atoms with van der Waals surface area (Å²) in [5.74, 6) is -0.405. The van der Waals surface area contributed by atoms with Gasteiger partial charge in [-0.3, -0.25) is 4.79 Å². The summed E-state index contributed by atoms with van der Waals surface area (Å²) in [7, 11) is 0. The monoisotopic (exact) mass is 416 g/mol. The van der Waals surface area contributed by atoms with Gasteiger partial charge in [0, 0.05) is 6.61 Å². The van der Waals surface area contributed by atoms with Gasteiger partial charge < -0.3 is 26.5 Å². The smallest absolute Gasteiger partial charge is 1.00 e. The molecule has 0 aliphatic rings. The zero-order valence-corrected chi connectivity index (χ0v) is 16.4. The van der Waals surface area contributed by atoms with Crippen molar-refractivity contribution in [1.29, 1.82) is 0 Å². The van der Waals surface area contributed by atoms with E-state index in [1.807, 2.05) is 38.1 Å². The summed E-state index contributed by atoms with van der Waals surface area (Å²) in [6.07, 6.45) is 1.91. The van der Waals surface area contributed by atoms with E-state index in [4.69, 9.17) is 9.47 Å². The molecule has 0 spiro atoms. The van der Waals surface area contributed by atoms with Crippen LogP contribution in [0.2, 0.25) is 0 Å². The van der Waals surface area contributed by atoms with Gasteiger partial charge in [-0.25, -0.2) is 0 Å². The summed E-state index contributed by atoms with van der Waals surface area (Å²) in [4.78, 5) is 12.0. The molecule has 20 heavy (non-hydrogen) atoms. The second-order valence-electron chi connectivity index (χ2n) is 3.79. The molecule has 0 saturated heterocycles. The first kappa shape index (κ1) is 22.5. The topological polar surface area (TPSA) is 35.5 Å². The number of hydrogen-bond donors (Lipinski definition) is 0. The number of rotatable bonds is 7. The van der Waals surface area contributed by atoms with Crippen molar-refractivity contribution in [2.24, 2.45) is 0 Å². The summed E-state index contributed by atoms with van der Waals surface area (Å²) in [5, 5.41) is 0. The molecule has 3 nitrogen and oxygen atoms in total. The van der Waals surface area contributed by atoms with E-state index in [0.29, 0.717) is 13.2 Å². The van der Waals surface area contributed by atoms with E-state index >= 15 is 0 Å². The van der Waals surface area contributed by atoms with Crippen molar-refractivity contribution in [3.05, 3.63) is 40.4 Å². The molecule has 0 heterocycles. The van der Waals surface area contributed by atoms with Crippen LogP contribution >= 0.6 is 15.9 Å². The fraction of sp³-hybridized carbons (Fsp3) is 0.429. The van der Waals surface area contributed by atoms with Crippen molar-refractivity contribution in [2.75, 3.05) is 13.2 Å². The first-order valence-electron chi connectivity index (χ1n) is 6.12. The van der Waals surface area contributed by atoms with E-state index < -0.39 is 5.97 Å². The molecule has 0 aromatic heterocycles. The molecular weight excluding hydrogens is 400 g/mol. The van der Waals surface area contributed by atoms with Gasteiger partial charge in [0.2, 0.25) is 0 Å². The summed E-state index contributed by atoms with van der Waals surface area (Å²) in [6.45, 7) is 4.85. The Bertz CT molecular complexity index is 388. The molecule has 0 amide bonds. The molecule has 0 unspecified atom stereocenters. The minimum Gasteiger partial charge on any atom is -1.00 e. The second kappa shape index (κ2) is 12.9. The van der Waals surface area contributed by atoms with Gasteiger partial charge in [-0.15, -0.1) is 33.6 Å². The largest absolute Gasteiger partial charge is 2.00 e. The third-order valence-corrected chi connectivity index (χ3v) is 2.88. The Labute approximate surface area is 155 Å². The second-order valence-corrected chi connectivity index (χ2v) is 4.65. The van der Waals surface area contributed by atoms with E-state index in [0.717, 1.165) is 22.9 Å². The normalized spacial score (nSPS) is 9.15. The number of esters is 1. The Kier molecular flexibility index (Phi) is 14.6. The summed E-state index contributed by atoms with van der Waals surface area (Å²) in [5.41, 5.74) is 0.729. The van der Waals surface area contributed by atoms with Gasteiger partial charge >= 0.3 is 29.0 Å². The maximum absolute atomic E-state index is 12.0. The number of halogens is 2. The minimum absolute atomic E-state index is 0. The molecule has 0 radical (unpaired) electrons. The van der Waals surface area contributed by atoms with Gasteiger partial charge in [0.05, 0.1) is 12.7 Å². The average molecular weight is 418 g/mol. The van der Waals surface area contributed by atoms with Crippen LogP contribution in [-0.2, 0) is 14.3 Å². The Morgan fingerprint density at radius 1 is 1.20 bits per heavy atom. The van der Waals surface area contributed by atoms with Crippen molar-refractivity contribution in [3.8, 4) is 0 Å². The van der Waals surface area contributed by atoms with Crippen LogP contribution in [0, 0.1) is 6.10 Å². The maximum Gasteiger partial charge on any atom is 2.00 e. The standard InChI is InChI=1S/C14H18BrO3.BrH.Mg/c1-3-9-17-13(14(16)18-10-4-2)11-7-5-6-8-12(11)15;;/h5-8H,3-4,9-10H2,1-2H3;1H;/q-1;;+2/p-1. The fourth-order valence-corrected chi connectivity index (χ4v) is 1.82.